The van der Waals surface area contributed by atoms with E-state index in [1.807, 2.05) is 42.5 Å². The van der Waals surface area contributed by atoms with Gasteiger partial charge in [0.05, 0.1) is 12.3 Å². The molecule has 7 nitrogen and oxygen atoms in total. The van der Waals surface area contributed by atoms with Crippen molar-refractivity contribution in [2.45, 2.75) is 69.4 Å². The van der Waals surface area contributed by atoms with Crippen LogP contribution in [0.5, 0.6) is 0 Å². The van der Waals surface area contributed by atoms with Crippen molar-refractivity contribution in [3.8, 4) is 0 Å². The zero-order valence-electron chi connectivity index (χ0n) is 20.8. The molecule has 0 radical (unpaired) electrons. The molecule has 2 aliphatic rings. The number of aryl methyl sites for hydroxylation is 1. The van der Waals surface area contributed by atoms with E-state index in [2.05, 4.69) is 17.4 Å². The van der Waals surface area contributed by atoms with E-state index in [0.29, 0.717) is 37.0 Å². The molecule has 0 bridgehead atoms. The molecule has 1 aliphatic heterocycles. The summed E-state index contributed by atoms with van der Waals surface area (Å²) in [7, 11) is 0. The van der Waals surface area contributed by atoms with E-state index < -0.39 is 11.9 Å². The van der Waals surface area contributed by atoms with Gasteiger partial charge < -0.3 is 21.1 Å². The number of likely N-dealkylation sites (tertiary alicyclic amines) is 1. The molecule has 1 aliphatic carbocycles. The Labute approximate surface area is 213 Å². The smallest absolute Gasteiger partial charge is 0.304 e. The Hall–Kier alpha value is -3.19. The van der Waals surface area contributed by atoms with Crippen LogP contribution in [0.25, 0.3) is 0 Å². The average Bonchev–Trinajstić information content (AvgIpc) is 3.17. The van der Waals surface area contributed by atoms with Crippen LogP contribution in [0, 0.1) is 5.92 Å². The van der Waals surface area contributed by atoms with Crippen molar-refractivity contribution in [3.63, 3.8) is 0 Å². The predicted molar refractivity (Wildman–Crippen MR) is 139 cm³/mol. The van der Waals surface area contributed by atoms with E-state index in [1.165, 1.54) is 11.1 Å². The Kier molecular flexibility index (Phi) is 8.75. The average molecular weight is 492 g/mol. The SMILES string of the molecule is NC1CCC(c2ccc(C(=O)NC[C@@H]3C[C@@H](CC(=O)O)C(=O)N3CCCc3ccccc3)cc2)CC1. The fraction of sp³-hybridized carbons (Fsp3) is 0.483. The molecule has 1 heterocycles. The number of aliphatic carboxylic acids is 1. The van der Waals surface area contributed by atoms with Crippen LogP contribution in [-0.2, 0) is 16.0 Å². The van der Waals surface area contributed by atoms with Crippen molar-refractivity contribution >= 4 is 17.8 Å². The molecule has 0 spiro atoms. The second-order valence-electron chi connectivity index (χ2n) is 10.2. The summed E-state index contributed by atoms with van der Waals surface area (Å²) < 4.78 is 0. The van der Waals surface area contributed by atoms with E-state index in [1.54, 1.807) is 4.90 Å². The number of nitrogens with zero attached hydrogens (tertiary/aromatic N) is 1. The Morgan fingerprint density at radius 3 is 2.36 bits per heavy atom. The summed E-state index contributed by atoms with van der Waals surface area (Å²) >= 11 is 0. The maximum atomic E-state index is 13.0. The van der Waals surface area contributed by atoms with Gasteiger partial charge in [-0.2, -0.15) is 0 Å². The first-order valence-corrected chi connectivity index (χ1v) is 13.1. The zero-order chi connectivity index (χ0) is 25.5. The number of carbonyl (C=O) groups is 3. The van der Waals surface area contributed by atoms with E-state index in [9.17, 15) is 19.5 Å². The monoisotopic (exact) mass is 491 g/mol. The molecule has 4 N–H and O–H groups in total. The maximum Gasteiger partial charge on any atom is 0.304 e. The number of hydrogen-bond donors (Lipinski definition) is 3. The van der Waals surface area contributed by atoms with Crippen molar-refractivity contribution in [2.75, 3.05) is 13.1 Å². The van der Waals surface area contributed by atoms with Gasteiger partial charge in [0.15, 0.2) is 0 Å². The van der Waals surface area contributed by atoms with Crippen LogP contribution in [0.2, 0.25) is 0 Å². The second-order valence-corrected chi connectivity index (χ2v) is 10.2. The highest BCUT2D eigenvalue weighted by atomic mass is 16.4. The van der Waals surface area contributed by atoms with Crippen LogP contribution in [0.1, 0.15) is 72.3 Å². The highest BCUT2D eigenvalue weighted by Gasteiger charge is 2.40. The molecule has 1 saturated carbocycles. The standard InChI is InChI=1S/C29H37N3O4/c30-25-14-12-22(13-15-25)21-8-10-23(11-9-21)28(35)31-19-26-17-24(18-27(33)34)29(36)32(26)16-4-7-20-5-2-1-3-6-20/h1-3,5-6,8-11,22,24-26H,4,7,12-19,30H2,(H,31,35)(H,33,34)/t22?,24-,25?,26-/m0/s1. The molecule has 2 aromatic carbocycles. The Balaban J connectivity index is 1.33. The third kappa shape index (κ3) is 6.72. The van der Waals surface area contributed by atoms with Crippen LogP contribution < -0.4 is 11.1 Å². The van der Waals surface area contributed by atoms with Crippen LogP contribution in [0.4, 0.5) is 0 Å². The molecule has 0 unspecified atom stereocenters. The minimum Gasteiger partial charge on any atom is -0.481 e. The topological polar surface area (TPSA) is 113 Å². The fourth-order valence-electron chi connectivity index (χ4n) is 5.61. The maximum absolute atomic E-state index is 13.0. The molecule has 2 atom stereocenters. The lowest BCUT2D eigenvalue weighted by atomic mass is 9.82. The van der Waals surface area contributed by atoms with E-state index in [4.69, 9.17) is 5.73 Å². The summed E-state index contributed by atoms with van der Waals surface area (Å²) in [5, 5.41) is 12.2. The molecular weight excluding hydrogens is 454 g/mol. The number of amides is 2. The Morgan fingerprint density at radius 2 is 1.69 bits per heavy atom. The number of nitrogens with two attached hydrogens (primary N) is 1. The Bertz CT molecular complexity index is 1030. The zero-order valence-corrected chi connectivity index (χ0v) is 20.8. The van der Waals surface area contributed by atoms with E-state index in [0.717, 1.165) is 38.5 Å². The first kappa shape index (κ1) is 25.9. The number of hydrogen-bond acceptors (Lipinski definition) is 4. The van der Waals surface area contributed by atoms with E-state index in [-0.39, 0.29) is 24.3 Å². The first-order valence-electron chi connectivity index (χ1n) is 13.1. The number of benzene rings is 2. The molecule has 1 saturated heterocycles. The van der Waals surface area contributed by atoms with Crippen molar-refractivity contribution in [3.05, 3.63) is 71.3 Å². The van der Waals surface area contributed by atoms with Gasteiger partial charge in [-0.05, 0) is 74.1 Å². The van der Waals surface area contributed by atoms with E-state index >= 15 is 0 Å². The van der Waals surface area contributed by atoms with Gasteiger partial charge >= 0.3 is 5.97 Å². The lowest BCUT2D eigenvalue weighted by Crippen LogP contribution is -2.42. The number of nitrogens with one attached hydrogen (secondary N) is 1. The minimum atomic E-state index is -0.970. The van der Waals surface area contributed by atoms with Gasteiger partial charge in [-0.1, -0.05) is 42.5 Å². The number of rotatable bonds is 10. The molecule has 2 amide bonds. The third-order valence-electron chi connectivity index (χ3n) is 7.67. The van der Waals surface area contributed by atoms with Gasteiger partial charge in [0.1, 0.15) is 0 Å². The summed E-state index contributed by atoms with van der Waals surface area (Å²) in [4.78, 5) is 38.9. The molecule has 36 heavy (non-hydrogen) atoms. The summed E-state index contributed by atoms with van der Waals surface area (Å²) in [5.41, 5.74) is 9.07. The summed E-state index contributed by atoms with van der Waals surface area (Å²) in [6, 6.07) is 18.0. The summed E-state index contributed by atoms with van der Waals surface area (Å²) in [5.74, 6) is -1.31. The van der Waals surface area contributed by atoms with Gasteiger partial charge in [0.2, 0.25) is 5.91 Å². The van der Waals surface area contributed by atoms with Crippen LogP contribution in [0.3, 0.4) is 0 Å². The predicted octanol–water partition coefficient (Wildman–Crippen LogP) is 3.73. The second kappa shape index (κ2) is 12.2. The quantitative estimate of drug-likeness (QED) is 0.469. The lowest BCUT2D eigenvalue weighted by molar-refractivity contribution is -0.142. The van der Waals surface area contributed by atoms with Gasteiger partial charge in [0.25, 0.3) is 5.91 Å². The summed E-state index contributed by atoms with van der Waals surface area (Å²) in [6.45, 7) is 0.860. The first-order chi connectivity index (χ1) is 17.4. The van der Waals surface area contributed by atoms with Gasteiger partial charge in [-0.3, -0.25) is 14.4 Å². The molecule has 2 fully saturated rings. The third-order valence-corrected chi connectivity index (χ3v) is 7.67. The Morgan fingerprint density at radius 1 is 1.00 bits per heavy atom. The molecule has 192 valence electrons. The highest BCUT2D eigenvalue weighted by molar-refractivity contribution is 5.94. The number of carbonyl (C=O) groups excluding carboxylic acids is 2. The van der Waals surface area contributed by atoms with Crippen molar-refractivity contribution in [2.24, 2.45) is 11.7 Å². The van der Waals surface area contributed by atoms with Crippen molar-refractivity contribution in [1.82, 2.24) is 10.2 Å². The van der Waals surface area contributed by atoms with Crippen molar-refractivity contribution < 1.29 is 19.5 Å². The van der Waals surface area contributed by atoms with Crippen LogP contribution in [0.15, 0.2) is 54.6 Å². The van der Waals surface area contributed by atoms with Crippen LogP contribution in [-0.4, -0.2) is 53.0 Å². The lowest BCUT2D eigenvalue weighted by Gasteiger charge is -2.26. The summed E-state index contributed by atoms with van der Waals surface area (Å²) in [6.07, 6.45) is 6.14. The molecule has 7 heteroatoms. The van der Waals surface area contributed by atoms with Crippen LogP contribution >= 0.6 is 0 Å². The molecule has 4 rings (SSSR count). The molecule has 0 aromatic heterocycles. The highest BCUT2D eigenvalue weighted by Crippen LogP contribution is 2.32. The van der Waals surface area contributed by atoms with Crippen molar-refractivity contribution in [1.29, 1.82) is 0 Å². The number of carboxylic acids is 1. The normalized spacial score (nSPS) is 24.0. The minimum absolute atomic E-state index is 0.124. The number of carboxylic acid groups (broad SMARTS) is 1. The molecular formula is C29H37N3O4. The largest absolute Gasteiger partial charge is 0.481 e. The van der Waals surface area contributed by atoms with Gasteiger partial charge in [-0.15, -0.1) is 0 Å². The van der Waals surface area contributed by atoms with Gasteiger partial charge in [-0.25, -0.2) is 0 Å². The van der Waals surface area contributed by atoms with Gasteiger partial charge in [0, 0.05) is 30.7 Å². The molecule has 2 aromatic rings. The fourth-order valence-corrected chi connectivity index (χ4v) is 5.61.